The highest BCUT2D eigenvalue weighted by Crippen LogP contribution is 2.16. The van der Waals surface area contributed by atoms with Gasteiger partial charge in [0.2, 0.25) is 11.7 Å². The summed E-state index contributed by atoms with van der Waals surface area (Å²) in [5.41, 5.74) is 6.09. The molecule has 2 N–H and O–H groups in total. The quantitative estimate of drug-likeness (QED) is 0.788. The highest BCUT2D eigenvalue weighted by atomic mass is 16.5. The van der Waals surface area contributed by atoms with Gasteiger partial charge in [-0.25, -0.2) is 4.98 Å². The maximum atomic E-state index is 5.50. The van der Waals surface area contributed by atoms with Gasteiger partial charge >= 0.3 is 0 Å². The molecular formula is C9H11N5O. The number of hydrogen-bond acceptors (Lipinski definition) is 6. The van der Waals surface area contributed by atoms with Crippen LogP contribution in [0.15, 0.2) is 23.1 Å². The fraction of sp³-hybridized carbons (Fsp3) is 0.333. The Kier molecular flexibility index (Phi) is 2.68. The zero-order chi connectivity index (χ0) is 10.7. The Bertz CT molecular complexity index is 427. The van der Waals surface area contributed by atoms with Crippen LogP contribution in [0.5, 0.6) is 0 Å². The van der Waals surface area contributed by atoms with Gasteiger partial charge in [-0.05, 0) is 0 Å². The molecule has 2 rings (SSSR count). The summed E-state index contributed by atoms with van der Waals surface area (Å²) in [6.45, 7) is 2.40. The van der Waals surface area contributed by atoms with Crippen molar-refractivity contribution in [2.75, 3.05) is 6.54 Å². The van der Waals surface area contributed by atoms with Crippen molar-refractivity contribution in [1.82, 2.24) is 20.1 Å². The first kappa shape index (κ1) is 9.72. The first-order valence-electron chi connectivity index (χ1n) is 4.61. The van der Waals surface area contributed by atoms with Crippen LogP contribution in [0.25, 0.3) is 11.5 Å². The van der Waals surface area contributed by atoms with Gasteiger partial charge in [0.05, 0.1) is 6.20 Å². The third-order valence-electron chi connectivity index (χ3n) is 2.01. The highest BCUT2D eigenvalue weighted by Gasteiger charge is 2.14. The zero-order valence-corrected chi connectivity index (χ0v) is 8.29. The number of rotatable bonds is 3. The second kappa shape index (κ2) is 4.14. The molecule has 6 heteroatoms. The van der Waals surface area contributed by atoms with Crippen molar-refractivity contribution in [1.29, 1.82) is 0 Å². The fourth-order valence-corrected chi connectivity index (χ4v) is 1.05. The Morgan fingerprint density at radius 3 is 3.00 bits per heavy atom. The van der Waals surface area contributed by atoms with Crippen molar-refractivity contribution < 1.29 is 4.52 Å². The van der Waals surface area contributed by atoms with Crippen LogP contribution in [-0.4, -0.2) is 26.7 Å². The largest absolute Gasteiger partial charge is 0.339 e. The molecule has 15 heavy (non-hydrogen) atoms. The lowest BCUT2D eigenvalue weighted by atomic mass is 10.2. The Labute approximate surface area is 86.5 Å². The van der Waals surface area contributed by atoms with Crippen LogP contribution in [0, 0.1) is 0 Å². The van der Waals surface area contributed by atoms with E-state index in [1.807, 2.05) is 6.92 Å². The normalized spacial score (nSPS) is 12.7. The van der Waals surface area contributed by atoms with Crippen molar-refractivity contribution in [3.05, 3.63) is 24.5 Å². The molecule has 0 spiro atoms. The van der Waals surface area contributed by atoms with Crippen LogP contribution in [-0.2, 0) is 0 Å². The molecule has 0 saturated carbocycles. The van der Waals surface area contributed by atoms with E-state index in [0.717, 1.165) is 0 Å². The summed E-state index contributed by atoms with van der Waals surface area (Å²) in [5, 5.41) is 3.81. The Morgan fingerprint density at radius 1 is 1.47 bits per heavy atom. The predicted octanol–water partition coefficient (Wildman–Crippen LogP) is 0.589. The topological polar surface area (TPSA) is 90.7 Å². The lowest BCUT2D eigenvalue weighted by molar-refractivity contribution is 0.361. The van der Waals surface area contributed by atoms with Crippen LogP contribution in [0.3, 0.4) is 0 Å². The molecule has 0 amide bonds. The molecule has 0 aliphatic heterocycles. The predicted molar refractivity (Wildman–Crippen MR) is 52.8 cm³/mol. The maximum absolute atomic E-state index is 5.50. The van der Waals surface area contributed by atoms with Gasteiger partial charge in [-0.2, -0.15) is 4.98 Å². The molecule has 0 bridgehead atoms. The van der Waals surface area contributed by atoms with Crippen molar-refractivity contribution >= 4 is 0 Å². The van der Waals surface area contributed by atoms with E-state index < -0.39 is 0 Å². The van der Waals surface area contributed by atoms with E-state index in [-0.39, 0.29) is 5.92 Å². The average molecular weight is 205 g/mol. The van der Waals surface area contributed by atoms with Gasteiger partial charge in [0, 0.05) is 24.9 Å². The lowest BCUT2D eigenvalue weighted by Crippen LogP contribution is -2.08. The van der Waals surface area contributed by atoms with Gasteiger partial charge < -0.3 is 10.3 Å². The first-order chi connectivity index (χ1) is 7.31. The molecule has 2 aromatic rings. The SMILES string of the molecule is CC(CN)c1nc(-c2cnccn2)no1. The molecule has 0 fully saturated rings. The smallest absolute Gasteiger partial charge is 0.231 e. The van der Waals surface area contributed by atoms with E-state index >= 15 is 0 Å². The summed E-state index contributed by atoms with van der Waals surface area (Å²) in [6.07, 6.45) is 4.76. The molecule has 0 saturated heterocycles. The number of nitrogens with two attached hydrogens (primary N) is 1. The van der Waals surface area contributed by atoms with Crippen LogP contribution in [0.2, 0.25) is 0 Å². The van der Waals surface area contributed by atoms with Gasteiger partial charge in [-0.15, -0.1) is 0 Å². The van der Waals surface area contributed by atoms with E-state index in [0.29, 0.717) is 24.0 Å². The standard InChI is InChI=1S/C9H11N5O/c1-6(4-10)9-13-8(14-15-9)7-5-11-2-3-12-7/h2-3,5-6H,4,10H2,1H3. The third-order valence-corrected chi connectivity index (χ3v) is 2.01. The van der Waals surface area contributed by atoms with Crippen molar-refractivity contribution in [3.8, 4) is 11.5 Å². The van der Waals surface area contributed by atoms with Gasteiger partial charge in [0.15, 0.2) is 0 Å². The number of aromatic nitrogens is 4. The van der Waals surface area contributed by atoms with E-state index in [4.69, 9.17) is 10.3 Å². The maximum Gasteiger partial charge on any atom is 0.231 e. The molecule has 2 aromatic heterocycles. The molecule has 2 heterocycles. The molecule has 0 aliphatic rings. The Balaban J connectivity index is 2.28. The monoisotopic (exact) mass is 205 g/mol. The molecule has 78 valence electrons. The van der Waals surface area contributed by atoms with Crippen LogP contribution in [0.1, 0.15) is 18.7 Å². The molecule has 0 aromatic carbocycles. The molecule has 6 nitrogen and oxygen atoms in total. The van der Waals surface area contributed by atoms with Crippen LogP contribution >= 0.6 is 0 Å². The van der Waals surface area contributed by atoms with Gasteiger partial charge in [0.25, 0.3) is 0 Å². The summed E-state index contributed by atoms with van der Waals surface area (Å²) in [7, 11) is 0. The molecule has 0 aliphatic carbocycles. The van der Waals surface area contributed by atoms with Crippen molar-refractivity contribution in [2.45, 2.75) is 12.8 Å². The van der Waals surface area contributed by atoms with Crippen LogP contribution in [0.4, 0.5) is 0 Å². The van der Waals surface area contributed by atoms with E-state index in [1.165, 1.54) is 0 Å². The summed E-state index contributed by atoms with van der Waals surface area (Å²) in [6, 6.07) is 0. The fourth-order valence-electron chi connectivity index (χ4n) is 1.05. The van der Waals surface area contributed by atoms with Gasteiger partial charge in [0.1, 0.15) is 5.69 Å². The van der Waals surface area contributed by atoms with Gasteiger partial charge in [-0.3, -0.25) is 4.98 Å². The summed E-state index contributed by atoms with van der Waals surface area (Å²) < 4.78 is 5.06. The van der Waals surface area contributed by atoms with E-state index in [2.05, 4.69) is 20.1 Å². The number of hydrogen-bond donors (Lipinski definition) is 1. The van der Waals surface area contributed by atoms with E-state index in [1.54, 1.807) is 18.6 Å². The average Bonchev–Trinajstić information content (AvgIpc) is 2.78. The second-order valence-corrected chi connectivity index (χ2v) is 3.18. The van der Waals surface area contributed by atoms with Crippen molar-refractivity contribution in [2.24, 2.45) is 5.73 Å². The summed E-state index contributed by atoms with van der Waals surface area (Å²) in [5.74, 6) is 1.03. The third kappa shape index (κ3) is 1.99. The van der Waals surface area contributed by atoms with Gasteiger partial charge in [-0.1, -0.05) is 12.1 Å². The lowest BCUT2D eigenvalue weighted by Gasteiger charge is -1.98. The summed E-state index contributed by atoms with van der Waals surface area (Å²) >= 11 is 0. The molecule has 1 atom stereocenters. The van der Waals surface area contributed by atoms with E-state index in [9.17, 15) is 0 Å². The highest BCUT2D eigenvalue weighted by molar-refractivity contribution is 5.45. The zero-order valence-electron chi connectivity index (χ0n) is 8.29. The number of nitrogens with zero attached hydrogens (tertiary/aromatic N) is 4. The first-order valence-corrected chi connectivity index (χ1v) is 4.61. The van der Waals surface area contributed by atoms with Crippen molar-refractivity contribution in [3.63, 3.8) is 0 Å². The minimum absolute atomic E-state index is 0.0583. The van der Waals surface area contributed by atoms with Crippen LogP contribution < -0.4 is 5.73 Å². The molecular weight excluding hydrogens is 194 g/mol. The Hall–Kier alpha value is -1.82. The molecule has 1 unspecified atom stereocenters. The minimum Gasteiger partial charge on any atom is -0.339 e. The minimum atomic E-state index is 0.0583. The summed E-state index contributed by atoms with van der Waals surface area (Å²) in [4.78, 5) is 12.2. The second-order valence-electron chi connectivity index (χ2n) is 3.18. The molecule has 0 radical (unpaired) electrons. The Morgan fingerprint density at radius 2 is 2.33 bits per heavy atom.